The molecule has 2 aliphatic rings. The summed E-state index contributed by atoms with van der Waals surface area (Å²) in [6, 6.07) is 3.91. The summed E-state index contributed by atoms with van der Waals surface area (Å²) < 4.78 is 13.1. The van der Waals surface area contributed by atoms with Gasteiger partial charge in [0.05, 0.1) is 37.3 Å². The molecule has 2 saturated heterocycles. The third kappa shape index (κ3) is 3.09. The van der Waals surface area contributed by atoms with E-state index in [9.17, 15) is 4.79 Å². The van der Waals surface area contributed by atoms with Crippen molar-refractivity contribution < 1.29 is 13.9 Å². The predicted molar refractivity (Wildman–Crippen MR) is 86.3 cm³/mol. The van der Waals surface area contributed by atoms with Crippen molar-refractivity contribution in [2.24, 2.45) is 13.0 Å². The Hall–Kier alpha value is -2.12. The van der Waals surface area contributed by atoms with E-state index in [4.69, 9.17) is 9.15 Å². The van der Waals surface area contributed by atoms with Gasteiger partial charge in [-0.3, -0.25) is 14.4 Å². The Balaban J connectivity index is 1.41. The fraction of sp³-hybridized carbons (Fsp3) is 0.529. The average molecular weight is 330 g/mol. The van der Waals surface area contributed by atoms with E-state index in [0.717, 1.165) is 31.9 Å². The molecule has 128 valence electrons. The Morgan fingerprint density at radius 1 is 1.38 bits per heavy atom. The van der Waals surface area contributed by atoms with E-state index >= 15 is 0 Å². The molecule has 1 amide bonds. The first-order valence-electron chi connectivity index (χ1n) is 8.33. The highest BCUT2D eigenvalue weighted by Gasteiger charge is 2.39. The summed E-state index contributed by atoms with van der Waals surface area (Å²) in [5, 5.41) is 4.09. The highest BCUT2D eigenvalue weighted by Crippen LogP contribution is 2.25. The minimum atomic E-state index is 0.0392. The van der Waals surface area contributed by atoms with E-state index in [1.807, 2.05) is 24.1 Å². The monoisotopic (exact) mass is 330 g/mol. The summed E-state index contributed by atoms with van der Waals surface area (Å²) in [5.41, 5.74) is 0.640. The van der Waals surface area contributed by atoms with Crippen LogP contribution in [0.1, 0.15) is 16.1 Å². The van der Waals surface area contributed by atoms with Crippen molar-refractivity contribution in [3.05, 3.63) is 42.1 Å². The molecule has 0 N–H and O–H groups in total. The van der Waals surface area contributed by atoms with Crippen LogP contribution in [0.4, 0.5) is 0 Å². The number of hydrogen-bond acceptors (Lipinski definition) is 5. The number of aryl methyl sites for hydroxylation is 1. The molecule has 2 fully saturated rings. The summed E-state index contributed by atoms with van der Waals surface area (Å²) in [7, 11) is 1.82. The quantitative estimate of drug-likeness (QED) is 0.840. The lowest BCUT2D eigenvalue weighted by atomic mass is 10.1. The molecule has 0 saturated carbocycles. The molecule has 7 nitrogen and oxygen atoms in total. The van der Waals surface area contributed by atoms with Gasteiger partial charge in [-0.25, -0.2) is 0 Å². The molecular formula is C17H22N4O3. The van der Waals surface area contributed by atoms with Crippen LogP contribution in [0.3, 0.4) is 0 Å². The second kappa shape index (κ2) is 6.41. The smallest absolute Gasteiger partial charge is 0.257 e. The van der Waals surface area contributed by atoms with Crippen LogP contribution in [0.2, 0.25) is 0 Å². The van der Waals surface area contributed by atoms with Crippen molar-refractivity contribution in [3.63, 3.8) is 0 Å². The van der Waals surface area contributed by atoms with Gasteiger partial charge in [-0.1, -0.05) is 0 Å². The molecule has 4 heterocycles. The topological polar surface area (TPSA) is 63.7 Å². The van der Waals surface area contributed by atoms with Gasteiger partial charge in [-0.05, 0) is 12.1 Å². The van der Waals surface area contributed by atoms with Crippen LogP contribution >= 0.6 is 0 Å². The summed E-state index contributed by atoms with van der Waals surface area (Å²) in [6.07, 6.45) is 5.21. The average Bonchev–Trinajstić information content (AvgIpc) is 3.28. The fourth-order valence-electron chi connectivity index (χ4n) is 3.61. The second-order valence-corrected chi connectivity index (χ2v) is 6.60. The normalized spacial score (nSPS) is 24.8. The molecule has 4 rings (SSSR count). The Kier molecular flexibility index (Phi) is 4.12. The van der Waals surface area contributed by atoms with E-state index in [1.54, 1.807) is 23.3 Å². The molecule has 0 aliphatic carbocycles. The zero-order chi connectivity index (χ0) is 16.5. The van der Waals surface area contributed by atoms with Crippen LogP contribution in [-0.4, -0.2) is 64.4 Å². The number of ether oxygens (including phenoxy) is 1. The first kappa shape index (κ1) is 15.4. The lowest BCUT2D eigenvalue weighted by Gasteiger charge is -2.22. The van der Waals surface area contributed by atoms with Crippen molar-refractivity contribution >= 4 is 5.91 Å². The lowest BCUT2D eigenvalue weighted by molar-refractivity contribution is 0.0482. The maximum Gasteiger partial charge on any atom is 0.257 e. The molecule has 24 heavy (non-hydrogen) atoms. The number of likely N-dealkylation sites (tertiary alicyclic amines) is 1. The standard InChI is InChI=1S/C17H22N4O3/c1-19-8-13(7-18-19)17(22)21-10-14-9-20(4-6-24-16(14)12-21)11-15-3-2-5-23-15/h2-3,5,7-8,14,16H,4,6,9-12H2,1H3/t14-,16+/m1/s1. The SMILES string of the molecule is Cn1cc(C(=O)N2C[C@H]3CN(Cc4ccco4)CCO[C@H]3C2)cn1. The summed E-state index contributed by atoms with van der Waals surface area (Å²) in [6.45, 7) is 4.68. The van der Waals surface area contributed by atoms with E-state index in [2.05, 4.69) is 10.00 Å². The number of furan rings is 1. The van der Waals surface area contributed by atoms with Crippen LogP contribution in [0.15, 0.2) is 35.2 Å². The van der Waals surface area contributed by atoms with Crippen LogP contribution in [0.5, 0.6) is 0 Å². The van der Waals surface area contributed by atoms with E-state index < -0.39 is 0 Å². The highest BCUT2D eigenvalue weighted by atomic mass is 16.5. The predicted octanol–water partition coefficient (Wildman–Crippen LogP) is 0.986. The van der Waals surface area contributed by atoms with Gasteiger partial charge in [0.2, 0.25) is 0 Å². The number of amides is 1. The Labute approximate surface area is 140 Å². The molecular weight excluding hydrogens is 308 g/mol. The van der Waals surface area contributed by atoms with E-state index in [0.29, 0.717) is 24.6 Å². The Morgan fingerprint density at radius 2 is 2.29 bits per heavy atom. The number of carbonyl (C=O) groups is 1. The second-order valence-electron chi connectivity index (χ2n) is 6.60. The molecule has 2 atom stereocenters. The summed E-state index contributed by atoms with van der Waals surface area (Å²) in [5.74, 6) is 1.34. The largest absolute Gasteiger partial charge is 0.468 e. The van der Waals surface area contributed by atoms with Crippen molar-refractivity contribution in [3.8, 4) is 0 Å². The first-order valence-corrected chi connectivity index (χ1v) is 8.33. The molecule has 2 aliphatic heterocycles. The number of rotatable bonds is 3. The summed E-state index contributed by atoms with van der Waals surface area (Å²) in [4.78, 5) is 16.9. The lowest BCUT2D eigenvalue weighted by Crippen LogP contribution is -2.33. The number of nitrogens with zero attached hydrogens (tertiary/aromatic N) is 4. The van der Waals surface area contributed by atoms with Crippen LogP contribution in [0, 0.1) is 5.92 Å². The maximum atomic E-state index is 12.6. The molecule has 0 bridgehead atoms. The van der Waals surface area contributed by atoms with Gasteiger partial charge < -0.3 is 14.1 Å². The molecule has 0 radical (unpaired) electrons. The minimum Gasteiger partial charge on any atom is -0.468 e. The third-order valence-corrected chi connectivity index (χ3v) is 4.81. The van der Waals surface area contributed by atoms with Crippen molar-refractivity contribution in [2.75, 3.05) is 32.8 Å². The molecule has 0 spiro atoms. The highest BCUT2D eigenvalue weighted by molar-refractivity contribution is 5.94. The summed E-state index contributed by atoms with van der Waals surface area (Å²) >= 11 is 0. The first-order chi connectivity index (χ1) is 11.7. The maximum absolute atomic E-state index is 12.6. The van der Waals surface area contributed by atoms with Crippen molar-refractivity contribution in [1.29, 1.82) is 0 Å². The minimum absolute atomic E-state index is 0.0392. The van der Waals surface area contributed by atoms with Gasteiger partial charge in [0.25, 0.3) is 5.91 Å². The number of hydrogen-bond donors (Lipinski definition) is 0. The van der Waals surface area contributed by atoms with E-state index in [1.165, 1.54) is 0 Å². The van der Waals surface area contributed by atoms with Crippen molar-refractivity contribution in [1.82, 2.24) is 19.6 Å². The number of aromatic nitrogens is 2. The van der Waals surface area contributed by atoms with Crippen molar-refractivity contribution in [2.45, 2.75) is 12.6 Å². The molecule has 0 aromatic carbocycles. The molecule has 2 aromatic heterocycles. The molecule has 0 unspecified atom stereocenters. The van der Waals surface area contributed by atoms with Gasteiger partial charge in [0.15, 0.2) is 0 Å². The third-order valence-electron chi connectivity index (χ3n) is 4.81. The zero-order valence-electron chi connectivity index (χ0n) is 13.8. The zero-order valence-corrected chi connectivity index (χ0v) is 13.8. The van der Waals surface area contributed by atoms with Crippen LogP contribution in [0.25, 0.3) is 0 Å². The number of carbonyl (C=O) groups excluding carboxylic acids is 1. The fourth-order valence-corrected chi connectivity index (χ4v) is 3.61. The van der Waals surface area contributed by atoms with Gasteiger partial charge in [0, 0.05) is 45.3 Å². The Morgan fingerprint density at radius 3 is 3.04 bits per heavy atom. The van der Waals surface area contributed by atoms with Crippen LogP contribution < -0.4 is 0 Å². The molecule has 2 aromatic rings. The Bertz CT molecular complexity index is 697. The van der Waals surface area contributed by atoms with E-state index in [-0.39, 0.29) is 12.0 Å². The van der Waals surface area contributed by atoms with Gasteiger partial charge in [0.1, 0.15) is 5.76 Å². The number of fused-ring (bicyclic) bond motifs is 1. The van der Waals surface area contributed by atoms with Crippen LogP contribution in [-0.2, 0) is 18.3 Å². The van der Waals surface area contributed by atoms with Gasteiger partial charge >= 0.3 is 0 Å². The van der Waals surface area contributed by atoms with Gasteiger partial charge in [-0.2, -0.15) is 5.10 Å². The van der Waals surface area contributed by atoms with Gasteiger partial charge in [-0.15, -0.1) is 0 Å². The molecule has 7 heteroatoms.